The van der Waals surface area contributed by atoms with Crippen molar-refractivity contribution >= 4 is 46.0 Å². The number of amides is 1. The van der Waals surface area contributed by atoms with E-state index in [1.54, 1.807) is 11.3 Å². The Morgan fingerprint density at radius 3 is 2.77 bits per heavy atom. The van der Waals surface area contributed by atoms with E-state index in [-0.39, 0.29) is 5.91 Å². The molecule has 0 radical (unpaired) electrons. The summed E-state index contributed by atoms with van der Waals surface area (Å²) in [5.41, 5.74) is 6.16. The van der Waals surface area contributed by atoms with E-state index in [0.717, 1.165) is 71.0 Å². The second-order valence-corrected chi connectivity index (χ2v) is 10.3. The molecule has 2 aromatic heterocycles. The quantitative estimate of drug-likeness (QED) is 0.385. The Balaban J connectivity index is 1.31. The summed E-state index contributed by atoms with van der Waals surface area (Å²) in [6.45, 7) is 7.49. The molecule has 1 fully saturated rings. The molecule has 2 N–H and O–H groups in total. The average molecular weight is 486 g/mol. The number of aromatic amines is 1. The minimum absolute atomic E-state index is 0.00680. The summed E-state index contributed by atoms with van der Waals surface area (Å²) in [5.74, 6) is -0.00680. The Morgan fingerprint density at radius 1 is 1.11 bits per heavy atom. The zero-order valence-corrected chi connectivity index (χ0v) is 21.1. The fourth-order valence-corrected chi connectivity index (χ4v) is 5.27. The molecule has 0 unspecified atom stereocenters. The van der Waals surface area contributed by atoms with E-state index < -0.39 is 0 Å². The molecule has 2 aromatic carbocycles. The third-order valence-electron chi connectivity index (χ3n) is 6.59. The maximum atomic E-state index is 12.5. The van der Waals surface area contributed by atoms with Gasteiger partial charge in [0.05, 0.1) is 17.6 Å². The van der Waals surface area contributed by atoms with Crippen molar-refractivity contribution in [3.05, 3.63) is 81.2 Å². The van der Waals surface area contributed by atoms with Crippen molar-refractivity contribution in [3.63, 3.8) is 0 Å². The number of fused-ring (bicyclic) bond motifs is 1. The number of H-pyrrole nitrogens is 1. The summed E-state index contributed by atoms with van der Waals surface area (Å²) in [7, 11) is 2.19. The summed E-state index contributed by atoms with van der Waals surface area (Å²) >= 11 is 1.60. The molecule has 180 valence electrons. The molecule has 1 aliphatic rings. The van der Waals surface area contributed by atoms with Crippen molar-refractivity contribution in [1.82, 2.24) is 20.0 Å². The van der Waals surface area contributed by atoms with Crippen LogP contribution in [-0.2, 0) is 17.8 Å². The summed E-state index contributed by atoms with van der Waals surface area (Å²) < 4.78 is 0. The number of aryl methyl sites for hydroxylation is 1. The predicted molar refractivity (Wildman–Crippen MR) is 146 cm³/mol. The zero-order chi connectivity index (χ0) is 24.2. The summed E-state index contributed by atoms with van der Waals surface area (Å²) in [6.07, 6.45) is 4.56. The first-order valence-electron chi connectivity index (χ1n) is 12.0. The Hall–Kier alpha value is -3.26. The third kappa shape index (κ3) is 5.70. The summed E-state index contributed by atoms with van der Waals surface area (Å²) in [5, 5.41) is 13.8. The van der Waals surface area contributed by atoms with Crippen LogP contribution >= 0.6 is 11.3 Å². The Bertz CT molecular complexity index is 1330. The van der Waals surface area contributed by atoms with Gasteiger partial charge in [-0.15, -0.1) is 11.3 Å². The number of benzene rings is 2. The minimum Gasteiger partial charge on any atom is -0.326 e. The van der Waals surface area contributed by atoms with Crippen LogP contribution in [0, 0.1) is 6.92 Å². The molecule has 0 saturated carbocycles. The maximum Gasteiger partial charge on any atom is 0.229 e. The number of nitrogens with zero attached hydrogens (tertiary/aromatic N) is 3. The Labute approximate surface area is 210 Å². The number of hydrogen-bond acceptors (Lipinski definition) is 5. The van der Waals surface area contributed by atoms with Gasteiger partial charge in [-0.25, -0.2) is 0 Å². The van der Waals surface area contributed by atoms with Crippen molar-refractivity contribution < 1.29 is 4.79 Å². The molecule has 1 aliphatic heterocycles. The highest BCUT2D eigenvalue weighted by molar-refractivity contribution is 7.10. The molecule has 3 heterocycles. The van der Waals surface area contributed by atoms with Gasteiger partial charge in [-0.2, -0.15) is 5.10 Å². The number of rotatable bonds is 7. The molecule has 5 rings (SSSR count). The summed E-state index contributed by atoms with van der Waals surface area (Å²) in [6, 6.07) is 16.6. The highest BCUT2D eigenvalue weighted by Crippen LogP contribution is 2.28. The van der Waals surface area contributed by atoms with Gasteiger partial charge in [-0.05, 0) is 60.3 Å². The molecule has 7 heteroatoms. The van der Waals surface area contributed by atoms with Crippen molar-refractivity contribution in [3.8, 4) is 0 Å². The first kappa shape index (κ1) is 23.5. The van der Waals surface area contributed by atoms with Crippen LogP contribution in [0.5, 0.6) is 0 Å². The number of likely N-dealkylation sites (N-methyl/N-ethyl adjacent to an activating group) is 1. The molecule has 1 amide bonds. The lowest BCUT2D eigenvalue weighted by Crippen LogP contribution is -2.43. The largest absolute Gasteiger partial charge is 0.326 e. The molecule has 35 heavy (non-hydrogen) atoms. The van der Waals surface area contributed by atoms with E-state index >= 15 is 0 Å². The van der Waals surface area contributed by atoms with Crippen molar-refractivity contribution in [2.45, 2.75) is 19.9 Å². The van der Waals surface area contributed by atoms with Crippen molar-refractivity contribution in [1.29, 1.82) is 0 Å². The zero-order valence-electron chi connectivity index (χ0n) is 20.3. The van der Waals surface area contributed by atoms with Gasteiger partial charge in [0.1, 0.15) is 0 Å². The lowest BCUT2D eigenvalue weighted by atomic mass is 10.0. The second-order valence-electron chi connectivity index (χ2n) is 9.23. The Morgan fingerprint density at radius 2 is 1.97 bits per heavy atom. The van der Waals surface area contributed by atoms with Crippen LogP contribution in [0.15, 0.2) is 53.9 Å². The highest BCUT2D eigenvalue weighted by atomic mass is 32.1. The number of carbonyl (C=O) groups excluding carboxylic acids is 1. The SMILES string of the molecule is Cc1c(NC(=O)Cc2cccs2)ccc2[nH]nc(/C=C/c3cccc(CN4CCN(C)CC4)c3)c12. The van der Waals surface area contributed by atoms with Gasteiger partial charge in [0.15, 0.2) is 0 Å². The number of hydrogen-bond donors (Lipinski definition) is 2. The minimum atomic E-state index is -0.00680. The van der Waals surface area contributed by atoms with Crippen LogP contribution in [0.4, 0.5) is 5.69 Å². The van der Waals surface area contributed by atoms with E-state index in [1.165, 1.54) is 5.56 Å². The van der Waals surface area contributed by atoms with Crippen molar-refractivity contribution in [2.24, 2.45) is 0 Å². The van der Waals surface area contributed by atoms with E-state index in [9.17, 15) is 4.79 Å². The van der Waals surface area contributed by atoms with Gasteiger partial charge in [-0.1, -0.05) is 36.4 Å². The Kier molecular flexibility index (Phi) is 7.08. The fraction of sp³-hybridized carbons (Fsp3) is 0.286. The number of piperazine rings is 1. The third-order valence-corrected chi connectivity index (χ3v) is 7.47. The number of nitrogens with one attached hydrogen (secondary N) is 2. The van der Waals surface area contributed by atoms with E-state index in [0.29, 0.717) is 6.42 Å². The van der Waals surface area contributed by atoms with Crippen molar-refractivity contribution in [2.75, 3.05) is 38.5 Å². The average Bonchev–Trinajstić information content (AvgIpc) is 3.51. The van der Waals surface area contributed by atoms with Gasteiger partial charge < -0.3 is 10.2 Å². The van der Waals surface area contributed by atoms with Gasteiger partial charge in [0.25, 0.3) is 0 Å². The molecule has 4 aromatic rings. The van der Waals surface area contributed by atoms with Gasteiger partial charge in [0, 0.05) is 48.7 Å². The monoisotopic (exact) mass is 485 g/mol. The topological polar surface area (TPSA) is 64.3 Å². The molecule has 1 saturated heterocycles. The van der Waals surface area contributed by atoms with E-state index in [1.807, 2.05) is 36.6 Å². The maximum absolute atomic E-state index is 12.5. The first-order valence-corrected chi connectivity index (χ1v) is 12.9. The summed E-state index contributed by atoms with van der Waals surface area (Å²) in [4.78, 5) is 18.5. The van der Waals surface area contributed by atoms with E-state index in [2.05, 4.69) is 68.8 Å². The lowest BCUT2D eigenvalue weighted by Gasteiger charge is -2.32. The van der Waals surface area contributed by atoms with Crippen LogP contribution in [0.1, 0.15) is 27.3 Å². The van der Waals surface area contributed by atoms with Gasteiger partial charge in [0.2, 0.25) is 5.91 Å². The second kappa shape index (κ2) is 10.6. The molecule has 0 bridgehead atoms. The van der Waals surface area contributed by atoms with Crippen LogP contribution in [-0.4, -0.2) is 59.1 Å². The molecular weight excluding hydrogens is 454 g/mol. The number of aromatic nitrogens is 2. The number of anilines is 1. The van der Waals surface area contributed by atoms with Gasteiger partial charge >= 0.3 is 0 Å². The van der Waals surface area contributed by atoms with E-state index in [4.69, 9.17) is 0 Å². The first-order chi connectivity index (χ1) is 17.0. The smallest absolute Gasteiger partial charge is 0.229 e. The molecule has 0 spiro atoms. The number of thiophene rings is 1. The fourth-order valence-electron chi connectivity index (χ4n) is 4.57. The van der Waals surface area contributed by atoms with Crippen LogP contribution in [0.25, 0.3) is 23.1 Å². The molecule has 0 aliphatic carbocycles. The standard InChI is InChI=1S/C28H31N5OS/c1-20-24(29-27(34)18-23-7-4-16-35-23)10-11-26-28(20)25(30-31-26)9-8-21-5-3-6-22(17-21)19-33-14-12-32(2)13-15-33/h3-11,16-17H,12-15,18-19H2,1-2H3,(H,29,34)(H,30,31)/b9-8+. The van der Waals surface area contributed by atoms with Crippen LogP contribution in [0.2, 0.25) is 0 Å². The highest BCUT2D eigenvalue weighted by Gasteiger charge is 2.14. The normalized spacial score (nSPS) is 15.3. The lowest BCUT2D eigenvalue weighted by molar-refractivity contribution is -0.115. The molecule has 6 nitrogen and oxygen atoms in total. The number of carbonyl (C=O) groups is 1. The predicted octanol–water partition coefficient (Wildman–Crippen LogP) is 5.03. The molecular formula is C28H31N5OS. The van der Waals surface area contributed by atoms with Crippen LogP contribution < -0.4 is 5.32 Å². The van der Waals surface area contributed by atoms with Gasteiger partial charge in [-0.3, -0.25) is 14.8 Å². The van der Waals surface area contributed by atoms with Crippen LogP contribution in [0.3, 0.4) is 0 Å². The molecule has 0 atom stereocenters.